The number of ether oxygens (including phenoxy) is 3. The van der Waals surface area contributed by atoms with Gasteiger partial charge in [0.05, 0.1) is 20.3 Å². The molecule has 1 aromatic carbocycles. The second-order valence-electron chi connectivity index (χ2n) is 7.31. The topological polar surface area (TPSA) is 68.3 Å². The van der Waals surface area contributed by atoms with Crippen LogP contribution >= 0.6 is 0 Å². The third kappa shape index (κ3) is 5.36. The molecule has 0 aromatic heterocycles. The van der Waals surface area contributed by atoms with E-state index in [1.54, 1.807) is 39.8 Å². The van der Waals surface area contributed by atoms with Crippen LogP contribution in [0.5, 0.6) is 5.75 Å². The minimum Gasteiger partial charge on any atom is -0.497 e. The Bertz CT molecular complexity index is 641. The van der Waals surface area contributed by atoms with E-state index in [2.05, 4.69) is 0 Å². The number of carbonyl (C=O) groups is 2. The molecule has 1 aliphatic rings. The van der Waals surface area contributed by atoms with Crippen molar-refractivity contribution in [3.8, 4) is 5.75 Å². The highest BCUT2D eigenvalue weighted by molar-refractivity contribution is 5.86. The number of nitrogens with zero attached hydrogens (tertiary/aromatic N) is 2. The molecular formula is C19H28N2O5. The van der Waals surface area contributed by atoms with Crippen LogP contribution in [0.2, 0.25) is 0 Å². The molecule has 0 radical (unpaired) electrons. The molecule has 7 heteroatoms. The summed E-state index contributed by atoms with van der Waals surface area (Å²) in [6.07, 6.45) is -0.492. The van der Waals surface area contributed by atoms with Gasteiger partial charge >= 0.3 is 6.09 Å². The average molecular weight is 364 g/mol. The highest BCUT2D eigenvalue weighted by atomic mass is 16.6. The molecule has 0 aliphatic carbocycles. The SMILES string of the molecule is COc1cccc(CN(C)C(=O)[C@@H]2COCCN2C(=O)OC(C)(C)C)c1. The van der Waals surface area contributed by atoms with Crippen molar-refractivity contribution in [1.29, 1.82) is 0 Å². The van der Waals surface area contributed by atoms with E-state index in [1.807, 2.05) is 24.3 Å². The van der Waals surface area contributed by atoms with Crippen LogP contribution in [0.4, 0.5) is 4.79 Å². The zero-order valence-corrected chi connectivity index (χ0v) is 16.2. The Balaban J connectivity index is 2.07. The normalized spacial score (nSPS) is 17.6. The minimum absolute atomic E-state index is 0.167. The van der Waals surface area contributed by atoms with E-state index < -0.39 is 17.7 Å². The van der Waals surface area contributed by atoms with E-state index in [0.29, 0.717) is 19.7 Å². The second kappa shape index (κ2) is 8.40. The first-order chi connectivity index (χ1) is 12.2. The second-order valence-corrected chi connectivity index (χ2v) is 7.31. The fourth-order valence-corrected chi connectivity index (χ4v) is 2.72. The first kappa shape index (κ1) is 20.0. The van der Waals surface area contributed by atoms with Crippen LogP contribution in [0.3, 0.4) is 0 Å². The van der Waals surface area contributed by atoms with Crippen molar-refractivity contribution in [1.82, 2.24) is 9.80 Å². The van der Waals surface area contributed by atoms with Gasteiger partial charge in [0.25, 0.3) is 0 Å². The maximum atomic E-state index is 12.9. The number of carbonyl (C=O) groups excluding carboxylic acids is 2. The Morgan fingerprint density at radius 3 is 2.73 bits per heavy atom. The molecule has 1 aliphatic heterocycles. The molecule has 1 fully saturated rings. The molecule has 0 saturated carbocycles. The van der Waals surface area contributed by atoms with Crippen molar-refractivity contribution >= 4 is 12.0 Å². The van der Waals surface area contributed by atoms with Gasteiger partial charge in [0, 0.05) is 20.1 Å². The molecule has 0 bridgehead atoms. The summed E-state index contributed by atoms with van der Waals surface area (Å²) in [6.45, 7) is 6.71. The molecule has 1 heterocycles. The highest BCUT2D eigenvalue weighted by Gasteiger charge is 2.36. The van der Waals surface area contributed by atoms with Crippen LogP contribution in [0, 0.1) is 0 Å². The van der Waals surface area contributed by atoms with Gasteiger partial charge in [-0.2, -0.15) is 0 Å². The van der Waals surface area contributed by atoms with Crippen LogP contribution in [0.25, 0.3) is 0 Å². The maximum absolute atomic E-state index is 12.9. The predicted octanol–water partition coefficient (Wildman–Crippen LogP) is 2.29. The largest absolute Gasteiger partial charge is 0.497 e. The van der Waals surface area contributed by atoms with E-state index in [9.17, 15) is 9.59 Å². The van der Waals surface area contributed by atoms with Crippen molar-refractivity contribution in [3.63, 3.8) is 0 Å². The summed E-state index contributed by atoms with van der Waals surface area (Å²) in [5.41, 5.74) is 0.330. The number of methoxy groups -OCH3 is 1. The van der Waals surface area contributed by atoms with Gasteiger partial charge in [0.2, 0.25) is 5.91 Å². The molecule has 0 spiro atoms. The van der Waals surface area contributed by atoms with E-state index in [4.69, 9.17) is 14.2 Å². The molecule has 144 valence electrons. The van der Waals surface area contributed by atoms with Crippen molar-refractivity contribution in [3.05, 3.63) is 29.8 Å². The standard InChI is InChI=1S/C19H28N2O5/c1-19(2,3)26-18(23)21-9-10-25-13-16(21)17(22)20(4)12-14-7-6-8-15(11-14)24-5/h6-8,11,16H,9-10,12-13H2,1-5H3/t16-/m0/s1. The van der Waals surface area contributed by atoms with Gasteiger partial charge in [0.15, 0.2) is 0 Å². The molecule has 2 amide bonds. The summed E-state index contributed by atoms with van der Waals surface area (Å²) >= 11 is 0. The van der Waals surface area contributed by atoms with Gasteiger partial charge in [-0.1, -0.05) is 12.1 Å². The minimum atomic E-state index is -0.686. The summed E-state index contributed by atoms with van der Waals surface area (Å²) in [5.74, 6) is 0.554. The van der Waals surface area contributed by atoms with Crippen molar-refractivity contribution in [2.45, 2.75) is 39.0 Å². The number of morpholine rings is 1. The first-order valence-electron chi connectivity index (χ1n) is 8.66. The Kier molecular flexibility index (Phi) is 6.47. The predicted molar refractivity (Wildman–Crippen MR) is 97.0 cm³/mol. The number of amides is 2. The maximum Gasteiger partial charge on any atom is 0.411 e. The fraction of sp³-hybridized carbons (Fsp3) is 0.579. The lowest BCUT2D eigenvalue weighted by atomic mass is 10.1. The van der Waals surface area contributed by atoms with Gasteiger partial charge < -0.3 is 19.1 Å². The third-order valence-electron chi connectivity index (χ3n) is 3.97. The number of hydrogen-bond donors (Lipinski definition) is 0. The quantitative estimate of drug-likeness (QED) is 0.820. The fourth-order valence-electron chi connectivity index (χ4n) is 2.72. The Morgan fingerprint density at radius 1 is 1.35 bits per heavy atom. The number of benzene rings is 1. The van der Waals surface area contributed by atoms with Crippen molar-refractivity contribution in [2.24, 2.45) is 0 Å². The van der Waals surface area contributed by atoms with Crippen LogP contribution in [0.15, 0.2) is 24.3 Å². The van der Waals surface area contributed by atoms with E-state index in [0.717, 1.165) is 11.3 Å². The lowest BCUT2D eigenvalue weighted by molar-refractivity contribution is -0.142. The zero-order chi connectivity index (χ0) is 19.3. The van der Waals surface area contributed by atoms with Gasteiger partial charge in [-0.25, -0.2) is 4.79 Å². The van der Waals surface area contributed by atoms with Crippen molar-refractivity contribution < 1.29 is 23.8 Å². The van der Waals surface area contributed by atoms with Crippen LogP contribution in [-0.2, 0) is 20.8 Å². The van der Waals surface area contributed by atoms with E-state index in [1.165, 1.54) is 4.90 Å². The number of likely N-dealkylation sites (N-methyl/N-ethyl adjacent to an activating group) is 1. The molecule has 0 unspecified atom stereocenters. The molecule has 1 aromatic rings. The van der Waals surface area contributed by atoms with Gasteiger partial charge in [-0.15, -0.1) is 0 Å². The molecule has 26 heavy (non-hydrogen) atoms. The van der Waals surface area contributed by atoms with Gasteiger partial charge in [-0.05, 0) is 38.5 Å². The third-order valence-corrected chi connectivity index (χ3v) is 3.97. The lowest BCUT2D eigenvalue weighted by Crippen LogP contribution is -2.56. The summed E-state index contributed by atoms with van der Waals surface area (Å²) in [4.78, 5) is 28.4. The Hall–Kier alpha value is -2.28. The lowest BCUT2D eigenvalue weighted by Gasteiger charge is -2.37. The number of rotatable bonds is 4. The average Bonchev–Trinajstić information content (AvgIpc) is 2.59. The van der Waals surface area contributed by atoms with E-state index in [-0.39, 0.29) is 12.5 Å². The molecule has 1 saturated heterocycles. The Morgan fingerprint density at radius 2 is 2.08 bits per heavy atom. The van der Waals surface area contributed by atoms with Crippen LogP contribution < -0.4 is 4.74 Å². The summed E-state index contributed by atoms with van der Waals surface area (Å²) in [7, 11) is 3.32. The molecular weight excluding hydrogens is 336 g/mol. The zero-order valence-electron chi connectivity index (χ0n) is 16.2. The van der Waals surface area contributed by atoms with Crippen molar-refractivity contribution in [2.75, 3.05) is 33.9 Å². The molecule has 1 atom stereocenters. The molecule has 0 N–H and O–H groups in total. The van der Waals surface area contributed by atoms with E-state index >= 15 is 0 Å². The molecule has 2 rings (SSSR count). The van der Waals surface area contributed by atoms with Crippen LogP contribution in [0.1, 0.15) is 26.3 Å². The molecule has 7 nitrogen and oxygen atoms in total. The van der Waals surface area contributed by atoms with Gasteiger partial charge in [-0.3, -0.25) is 9.69 Å². The van der Waals surface area contributed by atoms with Gasteiger partial charge in [0.1, 0.15) is 17.4 Å². The first-order valence-corrected chi connectivity index (χ1v) is 8.66. The monoisotopic (exact) mass is 364 g/mol. The summed E-state index contributed by atoms with van der Waals surface area (Å²) in [6, 6.07) is 6.85. The highest BCUT2D eigenvalue weighted by Crippen LogP contribution is 2.18. The van der Waals surface area contributed by atoms with Crippen LogP contribution in [-0.4, -0.2) is 67.4 Å². The number of hydrogen-bond acceptors (Lipinski definition) is 5. The smallest absolute Gasteiger partial charge is 0.411 e. The summed E-state index contributed by atoms with van der Waals surface area (Å²) < 4.78 is 16.1. The Labute approximate surface area is 154 Å². The summed E-state index contributed by atoms with van der Waals surface area (Å²) in [5, 5.41) is 0.